The van der Waals surface area contributed by atoms with E-state index in [1.807, 2.05) is 30.3 Å². The van der Waals surface area contributed by atoms with Gasteiger partial charge in [0.15, 0.2) is 5.41 Å². The number of carbonyl (C=O) groups is 2. The van der Waals surface area contributed by atoms with E-state index in [2.05, 4.69) is 0 Å². The average Bonchev–Trinajstić information content (AvgIpc) is 2.70. The summed E-state index contributed by atoms with van der Waals surface area (Å²) in [4.78, 5) is 23.0. The van der Waals surface area contributed by atoms with Crippen LogP contribution in [0, 0.1) is 5.41 Å². The second-order valence-corrected chi connectivity index (χ2v) is 5.54. The maximum atomic E-state index is 11.1. The molecule has 0 saturated carbocycles. The summed E-state index contributed by atoms with van der Waals surface area (Å²) in [6.45, 7) is 1.24. The van der Waals surface area contributed by atoms with Gasteiger partial charge in [0.2, 0.25) is 0 Å². The molecule has 94 valence electrons. The van der Waals surface area contributed by atoms with Crippen molar-refractivity contribution >= 4 is 33.4 Å². The number of thiophene rings is 1. The summed E-state index contributed by atoms with van der Waals surface area (Å²) in [5, 5.41) is 19.1. The first-order valence-corrected chi connectivity index (χ1v) is 6.19. The van der Waals surface area contributed by atoms with Crippen LogP contribution in [0.3, 0.4) is 0 Å². The Morgan fingerprint density at radius 2 is 1.83 bits per heavy atom. The summed E-state index contributed by atoms with van der Waals surface area (Å²) in [5.41, 5.74) is -1.78. The summed E-state index contributed by atoms with van der Waals surface area (Å²) in [6.07, 6.45) is -0.00296. The van der Waals surface area contributed by atoms with Crippen LogP contribution in [0.5, 0.6) is 0 Å². The van der Waals surface area contributed by atoms with E-state index in [-0.39, 0.29) is 6.42 Å². The fourth-order valence-corrected chi connectivity index (χ4v) is 2.94. The first-order chi connectivity index (χ1) is 8.43. The van der Waals surface area contributed by atoms with Crippen molar-refractivity contribution in [3.8, 4) is 0 Å². The van der Waals surface area contributed by atoms with Crippen molar-refractivity contribution in [1.29, 1.82) is 0 Å². The van der Waals surface area contributed by atoms with Crippen molar-refractivity contribution in [3.05, 3.63) is 35.2 Å². The molecule has 2 aromatic rings. The van der Waals surface area contributed by atoms with E-state index in [9.17, 15) is 9.59 Å². The van der Waals surface area contributed by atoms with Crippen LogP contribution < -0.4 is 0 Å². The molecule has 18 heavy (non-hydrogen) atoms. The highest BCUT2D eigenvalue weighted by Gasteiger charge is 2.42. The summed E-state index contributed by atoms with van der Waals surface area (Å²) in [5.74, 6) is -2.63. The molecule has 0 radical (unpaired) electrons. The summed E-state index contributed by atoms with van der Waals surface area (Å²) < 4.78 is 1.03. The van der Waals surface area contributed by atoms with Gasteiger partial charge in [-0.05, 0) is 24.4 Å². The second-order valence-electron chi connectivity index (χ2n) is 4.37. The van der Waals surface area contributed by atoms with E-state index in [0.29, 0.717) is 0 Å². The first-order valence-electron chi connectivity index (χ1n) is 5.38. The Kier molecular flexibility index (Phi) is 3.09. The van der Waals surface area contributed by atoms with Crippen molar-refractivity contribution in [1.82, 2.24) is 0 Å². The molecule has 0 aliphatic heterocycles. The lowest BCUT2D eigenvalue weighted by Gasteiger charge is -2.18. The quantitative estimate of drug-likeness (QED) is 0.832. The van der Waals surface area contributed by atoms with Gasteiger partial charge in [-0.1, -0.05) is 18.2 Å². The van der Waals surface area contributed by atoms with Gasteiger partial charge in [0.25, 0.3) is 0 Å². The van der Waals surface area contributed by atoms with Gasteiger partial charge in [-0.15, -0.1) is 11.3 Å². The van der Waals surface area contributed by atoms with Gasteiger partial charge < -0.3 is 10.2 Å². The third-order valence-electron chi connectivity index (χ3n) is 2.95. The summed E-state index contributed by atoms with van der Waals surface area (Å²) in [7, 11) is 0. The fraction of sp³-hybridized carbons (Fsp3) is 0.231. The predicted molar refractivity (Wildman–Crippen MR) is 68.9 cm³/mol. The molecule has 2 N–H and O–H groups in total. The predicted octanol–water partition coefficient (Wildman–Crippen LogP) is 2.62. The molecule has 0 saturated heterocycles. The number of hydrogen-bond donors (Lipinski definition) is 2. The van der Waals surface area contributed by atoms with Crippen LogP contribution in [0.4, 0.5) is 0 Å². The Bertz CT molecular complexity index is 567. The van der Waals surface area contributed by atoms with Crippen LogP contribution in [0.1, 0.15) is 11.8 Å². The highest BCUT2D eigenvalue weighted by atomic mass is 32.1. The minimum atomic E-state index is -1.78. The summed E-state index contributed by atoms with van der Waals surface area (Å²) >= 11 is 1.43. The monoisotopic (exact) mass is 264 g/mol. The molecule has 0 spiro atoms. The molecule has 1 aromatic heterocycles. The first kappa shape index (κ1) is 12.6. The van der Waals surface area contributed by atoms with Gasteiger partial charge >= 0.3 is 11.9 Å². The molecule has 0 aliphatic rings. The molecule has 1 heterocycles. The van der Waals surface area contributed by atoms with Gasteiger partial charge in [-0.3, -0.25) is 9.59 Å². The van der Waals surface area contributed by atoms with Crippen molar-refractivity contribution in [3.63, 3.8) is 0 Å². The number of aliphatic carboxylic acids is 2. The highest BCUT2D eigenvalue weighted by Crippen LogP contribution is 2.31. The maximum Gasteiger partial charge on any atom is 0.321 e. The van der Waals surface area contributed by atoms with Crippen molar-refractivity contribution in [2.45, 2.75) is 13.3 Å². The number of hydrogen-bond acceptors (Lipinski definition) is 3. The Balaban J connectivity index is 2.38. The van der Waals surface area contributed by atoms with Crippen LogP contribution in [-0.4, -0.2) is 22.2 Å². The largest absolute Gasteiger partial charge is 0.480 e. The zero-order chi connectivity index (χ0) is 13.3. The third kappa shape index (κ3) is 2.09. The topological polar surface area (TPSA) is 74.6 Å². The van der Waals surface area contributed by atoms with Gasteiger partial charge in [-0.25, -0.2) is 0 Å². The standard InChI is InChI=1S/C13H12O4S/c1-13(11(14)15,12(16)17)7-9-6-8-4-2-3-5-10(8)18-9/h2-6H,7H2,1H3,(H,14,15)(H,16,17). The lowest BCUT2D eigenvalue weighted by atomic mass is 9.86. The number of carboxylic acid groups (broad SMARTS) is 2. The van der Waals surface area contributed by atoms with Crippen LogP contribution in [0.2, 0.25) is 0 Å². The highest BCUT2D eigenvalue weighted by molar-refractivity contribution is 7.19. The van der Waals surface area contributed by atoms with Gasteiger partial charge in [0, 0.05) is 16.0 Å². The molecular formula is C13H12O4S. The smallest absolute Gasteiger partial charge is 0.321 e. The van der Waals surface area contributed by atoms with Gasteiger partial charge in [0.1, 0.15) is 0 Å². The second kappa shape index (κ2) is 4.42. The fourth-order valence-electron chi connectivity index (χ4n) is 1.72. The number of rotatable bonds is 4. The Hall–Kier alpha value is -1.88. The Labute approximate surface area is 107 Å². The zero-order valence-electron chi connectivity index (χ0n) is 9.71. The van der Waals surface area contributed by atoms with Crippen LogP contribution >= 0.6 is 11.3 Å². The van der Waals surface area contributed by atoms with E-state index in [0.717, 1.165) is 15.0 Å². The number of carboxylic acids is 2. The molecule has 0 amide bonds. The molecule has 0 unspecified atom stereocenters. The normalized spacial score (nSPS) is 11.6. The number of fused-ring (bicyclic) bond motifs is 1. The third-order valence-corrected chi connectivity index (χ3v) is 4.06. The van der Waals surface area contributed by atoms with Crippen LogP contribution in [0.15, 0.2) is 30.3 Å². The molecule has 5 heteroatoms. The van der Waals surface area contributed by atoms with E-state index < -0.39 is 17.4 Å². The van der Waals surface area contributed by atoms with Crippen molar-refractivity contribution < 1.29 is 19.8 Å². The molecule has 1 aromatic carbocycles. The Morgan fingerprint density at radius 1 is 1.22 bits per heavy atom. The van der Waals surface area contributed by atoms with Crippen molar-refractivity contribution in [2.75, 3.05) is 0 Å². The molecule has 0 aliphatic carbocycles. The Morgan fingerprint density at radius 3 is 2.39 bits per heavy atom. The van der Waals surface area contributed by atoms with E-state index in [4.69, 9.17) is 10.2 Å². The molecule has 0 bridgehead atoms. The summed E-state index contributed by atoms with van der Waals surface area (Å²) in [6, 6.07) is 9.50. The molecule has 2 rings (SSSR count). The van der Waals surface area contributed by atoms with E-state index in [1.165, 1.54) is 18.3 Å². The van der Waals surface area contributed by atoms with Crippen LogP contribution in [-0.2, 0) is 16.0 Å². The lowest BCUT2D eigenvalue weighted by Crippen LogP contribution is -2.38. The zero-order valence-corrected chi connectivity index (χ0v) is 10.5. The van der Waals surface area contributed by atoms with Gasteiger partial charge in [-0.2, -0.15) is 0 Å². The minimum Gasteiger partial charge on any atom is -0.480 e. The van der Waals surface area contributed by atoms with E-state index in [1.54, 1.807) is 0 Å². The maximum absolute atomic E-state index is 11.1. The number of benzene rings is 1. The lowest BCUT2D eigenvalue weighted by molar-refractivity contribution is -0.163. The molecule has 4 nitrogen and oxygen atoms in total. The average molecular weight is 264 g/mol. The van der Waals surface area contributed by atoms with Crippen LogP contribution in [0.25, 0.3) is 10.1 Å². The molecular weight excluding hydrogens is 252 g/mol. The minimum absolute atomic E-state index is 0.00296. The SMILES string of the molecule is CC(Cc1cc2ccccc2s1)(C(=O)O)C(=O)O. The molecule has 0 atom stereocenters. The van der Waals surface area contributed by atoms with Gasteiger partial charge in [0.05, 0.1) is 0 Å². The van der Waals surface area contributed by atoms with E-state index >= 15 is 0 Å². The van der Waals surface area contributed by atoms with Crippen molar-refractivity contribution in [2.24, 2.45) is 5.41 Å². The molecule has 0 fully saturated rings.